The summed E-state index contributed by atoms with van der Waals surface area (Å²) in [6, 6.07) is 6.03. The van der Waals surface area contributed by atoms with E-state index in [1.54, 1.807) is 0 Å². The van der Waals surface area contributed by atoms with Crippen molar-refractivity contribution in [2.24, 2.45) is 5.73 Å². The van der Waals surface area contributed by atoms with Gasteiger partial charge in [0.1, 0.15) is 5.84 Å². The molecule has 0 aliphatic carbocycles. The van der Waals surface area contributed by atoms with Gasteiger partial charge in [0.15, 0.2) is 0 Å². The highest BCUT2D eigenvalue weighted by molar-refractivity contribution is 7.99. The highest BCUT2D eigenvalue weighted by atomic mass is 32.2. The Balaban J connectivity index is 2.94. The van der Waals surface area contributed by atoms with Gasteiger partial charge in [-0.25, -0.2) is 0 Å². The Hall–Kier alpha value is -0.960. The normalized spacial score (nSPS) is 10.6. The van der Waals surface area contributed by atoms with Crippen molar-refractivity contribution in [3.63, 3.8) is 0 Å². The van der Waals surface area contributed by atoms with Crippen LogP contribution in [0.25, 0.3) is 0 Å². The van der Waals surface area contributed by atoms with Crippen LogP contribution >= 0.6 is 11.8 Å². The van der Waals surface area contributed by atoms with E-state index in [2.05, 4.69) is 19.9 Å². The van der Waals surface area contributed by atoms with Crippen molar-refractivity contribution in [3.8, 4) is 0 Å². The first-order valence-electron chi connectivity index (χ1n) is 4.62. The molecule has 3 N–H and O–H groups in total. The van der Waals surface area contributed by atoms with Gasteiger partial charge in [0.05, 0.1) is 0 Å². The number of amidine groups is 1. The minimum atomic E-state index is 0.142. The lowest BCUT2D eigenvalue weighted by molar-refractivity contribution is 1.11. The molecule has 0 radical (unpaired) electrons. The van der Waals surface area contributed by atoms with Gasteiger partial charge in [-0.05, 0) is 30.7 Å². The molecule has 0 fully saturated rings. The van der Waals surface area contributed by atoms with Crippen LogP contribution in [0.5, 0.6) is 0 Å². The number of hydrogen-bond donors (Lipinski definition) is 2. The number of aryl methyl sites for hydroxylation is 1. The zero-order valence-corrected chi connectivity index (χ0v) is 9.61. The minimum absolute atomic E-state index is 0.142. The van der Waals surface area contributed by atoms with Gasteiger partial charge in [0.25, 0.3) is 0 Å². The van der Waals surface area contributed by atoms with Gasteiger partial charge in [0.2, 0.25) is 0 Å². The molecule has 0 aliphatic heterocycles. The topological polar surface area (TPSA) is 49.9 Å². The highest BCUT2D eigenvalue weighted by Gasteiger charge is 2.04. The zero-order chi connectivity index (χ0) is 10.7. The van der Waals surface area contributed by atoms with Crippen LogP contribution in [0.2, 0.25) is 0 Å². The standard InChI is InChI=1S/C11H16N2S/c1-7(2)14-9-4-5-10(11(12)13)8(3)6-9/h4-7H,1-3H3,(H3,12,13). The second-order valence-electron chi connectivity index (χ2n) is 3.56. The Morgan fingerprint density at radius 1 is 1.43 bits per heavy atom. The monoisotopic (exact) mass is 208 g/mol. The predicted octanol–water partition coefficient (Wildman–Crippen LogP) is 2.78. The Bertz CT molecular complexity index is 345. The van der Waals surface area contributed by atoms with E-state index in [0.29, 0.717) is 5.25 Å². The third-order valence-electron chi connectivity index (χ3n) is 1.86. The van der Waals surface area contributed by atoms with E-state index in [-0.39, 0.29) is 5.84 Å². The molecule has 0 amide bonds. The molecule has 0 saturated heterocycles. The molecule has 0 aliphatic rings. The molecular formula is C11H16N2S. The van der Waals surface area contributed by atoms with Crippen LogP contribution in [0.3, 0.4) is 0 Å². The molecule has 1 aromatic rings. The second kappa shape index (κ2) is 4.51. The van der Waals surface area contributed by atoms with Crippen LogP contribution in [0.4, 0.5) is 0 Å². The van der Waals surface area contributed by atoms with Crippen molar-refractivity contribution >= 4 is 17.6 Å². The third-order valence-corrected chi connectivity index (χ3v) is 2.86. The number of thioether (sulfide) groups is 1. The summed E-state index contributed by atoms with van der Waals surface area (Å²) in [4.78, 5) is 1.24. The maximum Gasteiger partial charge on any atom is 0.123 e. The fraction of sp³-hybridized carbons (Fsp3) is 0.364. The van der Waals surface area contributed by atoms with Crippen LogP contribution < -0.4 is 5.73 Å². The first-order valence-corrected chi connectivity index (χ1v) is 5.50. The van der Waals surface area contributed by atoms with Crippen molar-refractivity contribution in [2.75, 3.05) is 0 Å². The summed E-state index contributed by atoms with van der Waals surface area (Å²) < 4.78 is 0. The first-order chi connectivity index (χ1) is 6.50. The van der Waals surface area contributed by atoms with Gasteiger partial charge in [0, 0.05) is 15.7 Å². The van der Waals surface area contributed by atoms with E-state index in [4.69, 9.17) is 11.1 Å². The van der Waals surface area contributed by atoms with Crippen LogP contribution in [-0.4, -0.2) is 11.1 Å². The van der Waals surface area contributed by atoms with E-state index in [0.717, 1.165) is 11.1 Å². The molecule has 0 unspecified atom stereocenters. The maximum atomic E-state index is 7.36. The second-order valence-corrected chi connectivity index (χ2v) is 5.21. The largest absolute Gasteiger partial charge is 0.384 e. The summed E-state index contributed by atoms with van der Waals surface area (Å²) in [5.41, 5.74) is 7.35. The fourth-order valence-electron chi connectivity index (χ4n) is 1.28. The summed E-state index contributed by atoms with van der Waals surface area (Å²) in [6.07, 6.45) is 0. The van der Waals surface area contributed by atoms with Gasteiger partial charge in [-0.15, -0.1) is 11.8 Å². The van der Waals surface area contributed by atoms with Gasteiger partial charge in [-0.2, -0.15) is 0 Å². The summed E-state index contributed by atoms with van der Waals surface area (Å²) in [7, 11) is 0. The zero-order valence-electron chi connectivity index (χ0n) is 8.79. The van der Waals surface area contributed by atoms with Crippen molar-refractivity contribution in [1.82, 2.24) is 0 Å². The van der Waals surface area contributed by atoms with E-state index >= 15 is 0 Å². The molecule has 2 nitrogen and oxygen atoms in total. The van der Waals surface area contributed by atoms with Crippen LogP contribution in [0.1, 0.15) is 25.0 Å². The highest BCUT2D eigenvalue weighted by Crippen LogP contribution is 2.24. The van der Waals surface area contributed by atoms with E-state index in [9.17, 15) is 0 Å². The molecule has 1 rings (SSSR count). The lowest BCUT2D eigenvalue weighted by Gasteiger charge is -2.08. The number of hydrogen-bond acceptors (Lipinski definition) is 2. The quantitative estimate of drug-likeness (QED) is 0.456. The lowest BCUT2D eigenvalue weighted by Crippen LogP contribution is -2.12. The summed E-state index contributed by atoms with van der Waals surface area (Å²) in [5.74, 6) is 0.142. The van der Waals surface area contributed by atoms with E-state index < -0.39 is 0 Å². The number of nitrogens with one attached hydrogen (secondary N) is 1. The van der Waals surface area contributed by atoms with Gasteiger partial charge >= 0.3 is 0 Å². The van der Waals surface area contributed by atoms with Crippen LogP contribution in [-0.2, 0) is 0 Å². The number of nitrogen functional groups attached to an aromatic ring is 1. The number of rotatable bonds is 3. The van der Waals surface area contributed by atoms with Crippen LogP contribution in [0.15, 0.2) is 23.1 Å². The molecule has 0 aromatic heterocycles. The van der Waals surface area contributed by atoms with Gasteiger partial charge < -0.3 is 5.73 Å². The Kier molecular flexibility index (Phi) is 3.58. The smallest absolute Gasteiger partial charge is 0.123 e. The molecule has 0 saturated carbocycles. The minimum Gasteiger partial charge on any atom is -0.384 e. The van der Waals surface area contributed by atoms with Crippen molar-refractivity contribution in [3.05, 3.63) is 29.3 Å². The van der Waals surface area contributed by atoms with Crippen molar-refractivity contribution < 1.29 is 0 Å². The Labute approximate surface area is 89.4 Å². The summed E-state index contributed by atoms with van der Waals surface area (Å²) in [6.45, 7) is 6.32. The molecule has 0 spiro atoms. The summed E-state index contributed by atoms with van der Waals surface area (Å²) in [5, 5.41) is 7.94. The third kappa shape index (κ3) is 2.77. The number of nitrogens with two attached hydrogens (primary N) is 1. The van der Waals surface area contributed by atoms with Gasteiger partial charge in [-0.3, -0.25) is 5.41 Å². The maximum absolute atomic E-state index is 7.36. The predicted molar refractivity (Wildman–Crippen MR) is 63.2 cm³/mol. The molecule has 0 bridgehead atoms. The summed E-state index contributed by atoms with van der Waals surface area (Å²) >= 11 is 1.82. The average molecular weight is 208 g/mol. The average Bonchev–Trinajstić information content (AvgIpc) is 2.01. The molecule has 0 atom stereocenters. The first kappa shape index (κ1) is 11.1. The van der Waals surface area contributed by atoms with Crippen LogP contribution in [0, 0.1) is 12.3 Å². The molecule has 3 heteroatoms. The SMILES string of the molecule is Cc1cc(SC(C)C)ccc1C(=N)N. The van der Waals surface area contributed by atoms with Gasteiger partial charge in [-0.1, -0.05) is 13.8 Å². The fourth-order valence-corrected chi connectivity index (χ4v) is 2.22. The van der Waals surface area contributed by atoms with E-state index in [1.165, 1.54) is 4.90 Å². The Morgan fingerprint density at radius 2 is 2.07 bits per heavy atom. The molecular weight excluding hydrogens is 192 g/mol. The van der Waals surface area contributed by atoms with Crippen molar-refractivity contribution in [1.29, 1.82) is 5.41 Å². The molecule has 14 heavy (non-hydrogen) atoms. The lowest BCUT2D eigenvalue weighted by atomic mass is 10.1. The molecule has 0 heterocycles. The molecule has 1 aromatic carbocycles. The molecule has 76 valence electrons. The number of benzene rings is 1. The van der Waals surface area contributed by atoms with Crippen molar-refractivity contribution in [2.45, 2.75) is 30.9 Å². The Morgan fingerprint density at radius 3 is 2.50 bits per heavy atom. The van der Waals surface area contributed by atoms with E-state index in [1.807, 2.05) is 30.8 Å².